The standard InChI is InChI=1S/C27H29NO10.Pt/c1-10-22(30)14(28)7-17(37-10)38-16-9-27(35,11(2)29)8-13-19(16)26(34)21-20(24(13)32)23(31)12-5-4-6-15(36-3)18(12)25(21)33;/h4-6,10,14,16-17,22,30,32,34-35H,7-9,28H2,1-3H3;/t10?,14?,16-,17?,22?,27-;/m0./s1. The van der Waals surface area contributed by atoms with Gasteiger partial charge in [0, 0.05) is 63.1 Å². The van der Waals surface area contributed by atoms with Gasteiger partial charge < -0.3 is 40.4 Å². The van der Waals surface area contributed by atoms with E-state index in [1.54, 1.807) is 6.92 Å². The summed E-state index contributed by atoms with van der Waals surface area (Å²) in [6, 6.07) is 3.75. The van der Waals surface area contributed by atoms with Gasteiger partial charge in [0.05, 0.1) is 42.1 Å². The molecule has 6 atom stereocenters. The molecule has 2 aromatic carbocycles. The number of Topliss-reactive ketones (excluding diaryl/α,β-unsaturated/α-hetero) is 1. The Balaban J connectivity index is 0.00000353. The number of rotatable bonds is 4. The molecule has 1 aliphatic heterocycles. The van der Waals surface area contributed by atoms with Crippen LogP contribution in [0.2, 0.25) is 0 Å². The van der Waals surface area contributed by atoms with E-state index in [2.05, 4.69) is 0 Å². The molecule has 0 aromatic heterocycles. The zero-order chi connectivity index (χ0) is 27.7. The third-order valence-electron chi connectivity index (χ3n) is 7.80. The molecule has 212 valence electrons. The van der Waals surface area contributed by atoms with Gasteiger partial charge in [-0.15, -0.1) is 0 Å². The Morgan fingerprint density at radius 3 is 2.41 bits per heavy atom. The maximum atomic E-state index is 13.6. The number of methoxy groups -OCH3 is 1. The number of aliphatic hydroxyl groups excluding tert-OH is 1. The number of nitrogens with two attached hydrogens (primary N) is 1. The van der Waals surface area contributed by atoms with Gasteiger partial charge in [0.15, 0.2) is 17.9 Å². The van der Waals surface area contributed by atoms with E-state index in [1.807, 2.05) is 0 Å². The average Bonchev–Trinajstić information content (AvgIpc) is 2.87. The summed E-state index contributed by atoms with van der Waals surface area (Å²) >= 11 is 0. The van der Waals surface area contributed by atoms with Crippen LogP contribution < -0.4 is 10.5 Å². The van der Waals surface area contributed by atoms with E-state index in [0.717, 1.165) is 0 Å². The van der Waals surface area contributed by atoms with Gasteiger partial charge >= 0.3 is 0 Å². The molecule has 6 N–H and O–H groups in total. The molecule has 1 saturated heterocycles. The first-order chi connectivity index (χ1) is 17.9. The number of ether oxygens (including phenoxy) is 3. The van der Waals surface area contributed by atoms with Crippen LogP contribution in [-0.4, -0.2) is 75.0 Å². The molecule has 0 amide bonds. The van der Waals surface area contributed by atoms with Crippen LogP contribution in [0.4, 0.5) is 0 Å². The van der Waals surface area contributed by atoms with Gasteiger partial charge in [0.25, 0.3) is 0 Å². The fourth-order valence-electron chi connectivity index (χ4n) is 5.66. The van der Waals surface area contributed by atoms with Crippen molar-refractivity contribution < 1.29 is 70.1 Å². The minimum absolute atomic E-state index is 0. The molecule has 0 saturated carbocycles. The maximum Gasteiger partial charge on any atom is 0.202 e. The summed E-state index contributed by atoms with van der Waals surface area (Å²) in [4.78, 5) is 39.6. The second-order valence-electron chi connectivity index (χ2n) is 10.1. The number of aromatic hydroxyl groups is 2. The van der Waals surface area contributed by atoms with Gasteiger partial charge in [-0.3, -0.25) is 14.4 Å². The second kappa shape index (κ2) is 10.4. The summed E-state index contributed by atoms with van der Waals surface area (Å²) in [5, 5.41) is 44.1. The zero-order valence-electron chi connectivity index (χ0n) is 21.4. The topological polar surface area (TPSA) is 186 Å². The van der Waals surface area contributed by atoms with Crippen LogP contribution in [0.1, 0.15) is 75.8 Å². The smallest absolute Gasteiger partial charge is 0.202 e. The Kier molecular flexibility index (Phi) is 7.81. The molecule has 39 heavy (non-hydrogen) atoms. The van der Waals surface area contributed by atoms with Crippen molar-refractivity contribution >= 4 is 17.3 Å². The first-order valence-corrected chi connectivity index (χ1v) is 12.2. The van der Waals surface area contributed by atoms with Crippen molar-refractivity contribution in [2.75, 3.05) is 7.11 Å². The molecule has 0 spiro atoms. The molecule has 3 aliphatic rings. The fourth-order valence-corrected chi connectivity index (χ4v) is 5.66. The van der Waals surface area contributed by atoms with Crippen LogP contribution >= 0.6 is 0 Å². The number of carbonyl (C=O) groups is 3. The molecular formula is C27H29NO10Pt. The molecule has 0 bridgehead atoms. The van der Waals surface area contributed by atoms with E-state index in [1.165, 1.54) is 32.2 Å². The zero-order valence-corrected chi connectivity index (χ0v) is 23.6. The summed E-state index contributed by atoms with van der Waals surface area (Å²) in [5.41, 5.74) is 2.97. The Bertz CT molecular complexity index is 1370. The van der Waals surface area contributed by atoms with Crippen molar-refractivity contribution in [1.82, 2.24) is 0 Å². The van der Waals surface area contributed by atoms with Gasteiger partial charge in [-0.1, -0.05) is 12.1 Å². The minimum atomic E-state index is -2.00. The second-order valence-corrected chi connectivity index (χ2v) is 10.1. The van der Waals surface area contributed by atoms with Crippen molar-refractivity contribution in [2.24, 2.45) is 5.73 Å². The Morgan fingerprint density at radius 1 is 1.13 bits per heavy atom. The van der Waals surface area contributed by atoms with Crippen LogP contribution in [0.3, 0.4) is 0 Å². The van der Waals surface area contributed by atoms with Crippen molar-refractivity contribution in [1.29, 1.82) is 0 Å². The van der Waals surface area contributed by atoms with Crippen LogP contribution in [0.5, 0.6) is 17.2 Å². The third kappa shape index (κ3) is 4.51. The predicted octanol–water partition coefficient (Wildman–Crippen LogP) is 1.03. The monoisotopic (exact) mass is 722 g/mol. The molecule has 11 nitrogen and oxygen atoms in total. The number of phenols is 2. The van der Waals surface area contributed by atoms with E-state index >= 15 is 0 Å². The third-order valence-corrected chi connectivity index (χ3v) is 7.80. The van der Waals surface area contributed by atoms with Crippen molar-refractivity contribution in [3.8, 4) is 17.2 Å². The number of hydrogen-bond acceptors (Lipinski definition) is 11. The minimum Gasteiger partial charge on any atom is -0.507 e. The van der Waals surface area contributed by atoms with Crippen molar-refractivity contribution in [3.05, 3.63) is 51.6 Å². The van der Waals surface area contributed by atoms with Gasteiger partial charge in [0.1, 0.15) is 22.8 Å². The molecule has 1 heterocycles. The molecular weight excluding hydrogens is 693 g/mol. The Hall–Kier alpha value is -2.66. The van der Waals surface area contributed by atoms with Gasteiger partial charge in [-0.05, 0) is 19.9 Å². The van der Waals surface area contributed by atoms with Crippen molar-refractivity contribution in [2.45, 2.75) is 69.4 Å². The molecule has 2 aliphatic carbocycles. The number of carbonyl (C=O) groups excluding carboxylic acids is 3. The molecule has 2 aromatic rings. The summed E-state index contributed by atoms with van der Waals surface area (Å²) in [5.74, 6) is -3.18. The maximum absolute atomic E-state index is 13.6. The van der Waals surface area contributed by atoms with Crippen LogP contribution in [0, 0.1) is 0 Å². The summed E-state index contributed by atoms with van der Waals surface area (Å²) in [6.07, 6.45) is -4.53. The summed E-state index contributed by atoms with van der Waals surface area (Å²) in [7, 11) is 1.34. The van der Waals surface area contributed by atoms with Crippen molar-refractivity contribution in [3.63, 3.8) is 0 Å². The molecule has 5 rings (SSSR count). The molecule has 4 unspecified atom stereocenters. The number of ketones is 3. The van der Waals surface area contributed by atoms with Gasteiger partial charge in [-0.2, -0.15) is 0 Å². The van der Waals surface area contributed by atoms with E-state index < -0.39 is 82.6 Å². The normalized spacial score (nSPS) is 29.5. The first kappa shape index (κ1) is 29.3. The Labute approximate surface area is 238 Å². The largest absolute Gasteiger partial charge is 0.507 e. The van der Waals surface area contributed by atoms with E-state index in [4.69, 9.17) is 19.9 Å². The fraction of sp³-hybridized carbons (Fsp3) is 0.444. The molecule has 1 fully saturated rings. The van der Waals surface area contributed by atoms with Crippen LogP contribution in [-0.2, 0) is 41.8 Å². The Morgan fingerprint density at radius 2 is 1.79 bits per heavy atom. The summed E-state index contributed by atoms with van der Waals surface area (Å²) in [6.45, 7) is 2.79. The van der Waals surface area contributed by atoms with Gasteiger partial charge in [-0.25, -0.2) is 0 Å². The molecule has 12 heteroatoms. The van der Waals surface area contributed by atoms with E-state index in [9.17, 15) is 34.8 Å². The quantitative estimate of drug-likeness (QED) is 0.242. The molecule has 0 radical (unpaired) electrons. The van der Waals surface area contributed by atoms with E-state index in [0.29, 0.717) is 0 Å². The average molecular weight is 723 g/mol. The SMILES string of the molecule is COc1cccc2c1C(=O)c1c(O)c3c(c(O)c1C2=O)C[C@@](O)(C(C)=O)C[C@@H]3OC1CC(N)C(O)C(C)O1.[Pt]. The predicted molar refractivity (Wildman–Crippen MR) is 130 cm³/mol. The number of fused-ring (bicyclic) bond motifs is 3. The van der Waals surface area contributed by atoms with Gasteiger partial charge in [0.2, 0.25) is 5.78 Å². The van der Waals surface area contributed by atoms with E-state index in [-0.39, 0.29) is 61.9 Å². The number of hydrogen-bond donors (Lipinski definition) is 5. The number of phenolic OH excluding ortho intramolecular Hbond substituents is 2. The first-order valence-electron chi connectivity index (χ1n) is 12.2. The van der Waals surface area contributed by atoms with Crippen LogP contribution in [0.25, 0.3) is 0 Å². The van der Waals surface area contributed by atoms with Crippen LogP contribution in [0.15, 0.2) is 18.2 Å². The number of benzene rings is 2. The number of aliphatic hydroxyl groups is 2. The summed E-state index contributed by atoms with van der Waals surface area (Å²) < 4.78 is 17.1.